The average Bonchev–Trinajstić information content (AvgIpc) is 2.03. The number of nitrogen functional groups attached to an aromatic ring is 1. The van der Waals surface area contributed by atoms with Gasteiger partial charge in [-0.15, -0.1) is 0 Å². The molecule has 0 aromatic heterocycles. The van der Waals surface area contributed by atoms with Gasteiger partial charge in [0.1, 0.15) is 6.61 Å². The fraction of sp³-hybridized carbons (Fsp3) is 0.125. The maximum atomic E-state index is 10.2. The van der Waals surface area contributed by atoms with Crippen molar-refractivity contribution in [1.82, 2.24) is 0 Å². The third kappa shape index (κ3) is 2.16. The highest BCUT2D eigenvalue weighted by Gasteiger charge is 1.99. The van der Waals surface area contributed by atoms with Crippen molar-refractivity contribution >= 4 is 11.8 Å². The minimum absolute atomic E-state index is 0.127. The quantitative estimate of drug-likeness (QED) is 0.639. The van der Waals surface area contributed by atoms with Crippen LogP contribution in [-0.2, 0) is 11.3 Å². The number of nitrogens with two attached hydrogens (primary N) is 2. The second-order valence-corrected chi connectivity index (χ2v) is 2.31. The number of para-hydroxylation sites is 1. The summed E-state index contributed by atoms with van der Waals surface area (Å²) in [4.78, 5) is 10.2. The van der Waals surface area contributed by atoms with Crippen molar-refractivity contribution in [2.24, 2.45) is 5.73 Å². The Bertz CT molecular complexity index is 286. The summed E-state index contributed by atoms with van der Waals surface area (Å²) in [6.07, 6.45) is -0.793. The van der Waals surface area contributed by atoms with Crippen LogP contribution >= 0.6 is 0 Å². The second kappa shape index (κ2) is 3.61. The maximum Gasteiger partial charge on any atom is 0.404 e. The Morgan fingerprint density at radius 1 is 1.42 bits per heavy atom. The molecule has 12 heavy (non-hydrogen) atoms. The highest BCUT2D eigenvalue weighted by atomic mass is 16.5. The van der Waals surface area contributed by atoms with E-state index in [0.29, 0.717) is 5.69 Å². The molecule has 1 rings (SSSR count). The number of rotatable bonds is 2. The molecule has 0 saturated carbocycles. The summed E-state index contributed by atoms with van der Waals surface area (Å²) in [5.74, 6) is 0. The predicted molar refractivity (Wildman–Crippen MR) is 45.2 cm³/mol. The Labute approximate surface area is 70.1 Å². The van der Waals surface area contributed by atoms with Gasteiger partial charge in [-0.3, -0.25) is 0 Å². The monoisotopic (exact) mass is 166 g/mol. The van der Waals surface area contributed by atoms with Crippen LogP contribution in [-0.4, -0.2) is 6.09 Å². The molecule has 4 heteroatoms. The summed E-state index contributed by atoms with van der Waals surface area (Å²) in [7, 11) is 0. The Hall–Kier alpha value is -1.71. The van der Waals surface area contributed by atoms with E-state index in [-0.39, 0.29) is 6.61 Å². The van der Waals surface area contributed by atoms with Crippen LogP contribution in [0.15, 0.2) is 24.3 Å². The van der Waals surface area contributed by atoms with Gasteiger partial charge in [0.25, 0.3) is 0 Å². The molecule has 0 unspecified atom stereocenters. The number of benzene rings is 1. The van der Waals surface area contributed by atoms with E-state index in [1.165, 1.54) is 0 Å². The summed E-state index contributed by atoms with van der Waals surface area (Å²) in [6, 6.07) is 7.14. The van der Waals surface area contributed by atoms with Crippen LogP contribution in [0, 0.1) is 0 Å². The Morgan fingerprint density at radius 2 is 2.08 bits per heavy atom. The van der Waals surface area contributed by atoms with Crippen molar-refractivity contribution in [1.29, 1.82) is 0 Å². The van der Waals surface area contributed by atoms with E-state index in [9.17, 15) is 4.79 Å². The number of hydrogen-bond acceptors (Lipinski definition) is 3. The lowest BCUT2D eigenvalue weighted by Crippen LogP contribution is -2.13. The second-order valence-electron chi connectivity index (χ2n) is 2.31. The van der Waals surface area contributed by atoms with Gasteiger partial charge < -0.3 is 16.2 Å². The topological polar surface area (TPSA) is 78.3 Å². The van der Waals surface area contributed by atoms with Gasteiger partial charge in [0, 0.05) is 11.3 Å². The van der Waals surface area contributed by atoms with E-state index in [0.717, 1.165) is 5.56 Å². The van der Waals surface area contributed by atoms with E-state index in [1.54, 1.807) is 12.1 Å². The molecule has 0 heterocycles. The Kier molecular flexibility index (Phi) is 2.53. The Balaban J connectivity index is 2.63. The molecule has 0 spiro atoms. The molecular formula is C8H10N2O2. The van der Waals surface area contributed by atoms with E-state index in [1.807, 2.05) is 12.1 Å². The molecule has 1 amide bonds. The average molecular weight is 166 g/mol. The summed E-state index contributed by atoms with van der Waals surface area (Å²) in [6.45, 7) is 0.127. The van der Waals surface area contributed by atoms with Crippen LogP contribution in [0.2, 0.25) is 0 Å². The summed E-state index contributed by atoms with van der Waals surface area (Å²) < 4.78 is 4.57. The minimum Gasteiger partial charge on any atom is -0.445 e. The molecule has 0 radical (unpaired) electrons. The first-order chi connectivity index (χ1) is 5.70. The SMILES string of the molecule is NC(=O)OCc1ccccc1N. The maximum absolute atomic E-state index is 10.2. The molecule has 64 valence electrons. The standard InChI is InChI=1S/C8H10N2O2/c9-7-4-2-1-3-6(7)5-12-8(10)11/h1-4H,5,9H2,(H2,10,11). The van der Waals surface area contributed by atoms with E-state index >= 15 is 0 Å². The van der Waals surface area contributed by atoms with Gasteiger partial charge in [0.05, 0.1) is 0 Å². The summed E-state index contributed by atoms with van der Waals surface area (Å²) in [5.41, 5.74) is 11.7. The van der Waals surface area contributed by atoms with E-state index < -0.39 is 6.09 Å². The number of ether oxygens (including phenoxy) is 1. The van der Waals surface area contributed by atoms with Crippen LogP contribution in [0.25, 0.3) is 0 Å². The van der Waals surface area contributed by atoms with E-state index in [2.05, 4.69) is 4.74 Å². The fourth-order valence-electron chi connectivity index (χ4n) is 0.815. The molecule has 0 aliphatic carbocycles. The third-order valence-corrected chi connectivity index (χ3v) is 1.43. The smallest absolute Gasteiger partial charge is 0.404 e. The third-order valence-electron chi connectivity index (χ3n) is 1.43. The fourth-order valence-corrected chi connectivity index (χ4v) is 0.815. The lowest BCUT2D eigenvalue weighted by atomic mass is 10.2. The lowest BCUT2D eigenvalue weighted by molar-refractivity contribution is 0.150. The number of amides is 1. The van der Waals surface area contributed by atoms with Crippen LogP contribution in [0.4, 0.5) is 10.5 Å². The van der Waals surface area contributed by atoms with Crippen molar-refractivity contribution in [3.63, 3.8) is 0 Å². The molecule has 4 N–H and O–H groups in total. The minimum atomic E-state index is -0.793. The van der Waals surface area contributed by atoms with Crippen LogP contribution in [0.3, 0.4) is 0 Å². The molecule has 0 aliphatic heterocycles. The van der Waals surface area contributed by atoms with Gasteiger partial charge in [-0.25, -0.2) is 4.79 Å². The largest absolute Gasteiger partial charge is 0.445 e. The normalized spacial score (nSPS) is 9.33. The van der Waals surface area contributed by atoms with Crippen molar-refractivity contribution in [2.45, 2.75) is 6.61 Å². The first-order valence-corrected chi connectivity index (χ1v) is 3.46. The summed E-state index contributed by atoms with van der Waals surface area (Å²) in [5, 5.41) is 0. The highest BCUT2D eigenvalue weighted by molar-refractivity contribution is 5.64. The summed E-state index contributed by atoms with van der Waals surface area (Å²) >= 11 is 0. The number of carbonyl (C=O) groups excluding carboxylic acids is 1. The molecule has 0 atom stereocenters. The number of anilines is 1. The van der Waals surface area contributed by atoms with Crippen molar-refractivity contribution in [3.8, 4) is 0 Å². The molecule has 0 aliphatic rings. The molecule has 4 nitrogen and oxygen atoms in total. The zero-order chi connectivity index (χ0) is 8.97. The van der Waals surface area contributed by atoms with Crippen molar-refractivity contribution < 1.29 is 9.53 Å². The molecule has 1 aromatic carbocycles. The Morgan fingerprint density at radius 3 is 2.67 bits per heavy atom. The number of hydrogen-bond donors (Lipinski definition) is 2. The molecule has 0 bridgehead atoms. The molecule has 1 aromatic rings. The molecule has 0 fully saturated rings. The lowest BCUT2D eigenvalue weighted by Gasteiger charge is -2.03. The van der Waals surface area contributed by atoms with Gasteiger partial charge in [-0.05, 0) is 6.07 Å². The first-order valence-electron chi connectivity index (χ1n) is 3.46. The van der Waals surface area contributed by atoms with Crippen LogP contribution in [0.1, 0.15) is 5.56 Å². The van der Waals surface area contributed by atoms with Gasteiger partial charge in [0.15, 0.2) is 0 Å². The van der Waals surface area contributed by atoms with Crippen LogP contribution in [0.5, 0.6) is 0 Å². The van der Waals surface area contributed by atoms with Gasteiger partial charge >= 0.3 is 6.09 Å². The zero-order valence-corrected chi connectivity index (χ0v) is 6.49. The van der Waals surface area contributed by atoms with Crippen molar-refractivity contribution in [3.05, 3.63) is 29.8 Å². The number of primary amides is 1. The van der Waals surface area contributed by atoms with Gasteiger partial charge in [-0.1, -0.05) is 18.2 Å². The highest BCUT2D eigenvalue weighted by Crippen LogP contribution is 2.10. The van der Waals surface area contributed by atoms with Crippen molar-refractivity contribution in [2.75, 3.05) is 5.73 Å². The van der Waals surface area contributed by atoms with Gasteiger partial charge in [-0.2, -0.15) is 0 Å². The predicted octanol–water partition coefficient (Wildman–Crippen LogP) is 0.864. The zero-order valence-electron chi connectivity index (χ0n) is 6.49. The van der Waals surface area contributed by atoms with Gasteiger partial charge in [0.2, 0.25) is 0 Å². The van der Waals surface area contributed by atoms with Crippen LogP contribution < -0.4 is 11.5 Å². The first kappa shape index (κ1) is 8.39. The molecule has 0 saturated heterocycles. The number of carbonyl (C=O) groups is 1. The molecular weight excluding hydrogens is 156 g/mol. The van der Waals surface area contributed by atoms with E-state index in [4.69, 9.17) is 11.5 Å².